The summed E-state index contributed by atoms with van der Waals surface area (Å²) in [6.07, 6.45) is 1.87. The molecule has 0 aromatic heterocycles. The smallest absolute Gasteiger partial charge is 0.255 e. The summed E-state index contributed by atoms with van der Waals surface area (Å²) in [6, 6.07) is 11.6. The maximum atomic E-state index is 12.5. The molecule has 124 valence electrons. The lowest BCUT2D eigenvalue weighted by Gasteiger charge is -2.29. The van der Waals surface area contributed by atoms with Crippen LogP contribution in [0.1, 0.15) is 40.4 Å². The molecule has 0 unspecified atom stereocenters. The van der Waals surface area contributed by atoms with E-state index in [-0.39, 0.29) is 11.8 Å². The summed E-state index contributed by atoms with van der Waals surface area (Å²) in [4.78, 5) is 26.0. The first kappa shape index (κ1) is 16.2. The zero-order chi connectivity index (χ0) is 17.3. The lowest BCUT2D eigenvalue weighted by molar-refractivity contribution is -0.116. The highest BCUT2D eigenvalue weighted by Crippen LogP contribution is 2.30. The van der Waals surface area contributed by atoms with Crippen molar-refractivity contribution in [1.82, 2.24) is 0 Å². The monoisotopic (exact) mass is 322 g/mol. The van der Waals surface area contributed by atoms with E-state index in [1.807, 2.05) is 50.2 Å². The third-order valence-electron chi connectivity index (χ3n) is 4.32. The van der Waals surface area contributed by atoms with Gasteiger partial charge in [-0.25, -0.2) is 0 Å². The number of carbonyl (C=O) groups excluding carboxylic acids is 2. The molecule has 0 bridgehead atoms. The average molecular weight is 322 g/mol. The minimum absolute atomic E-state index is 0.0583. The highest BCUT2D eigenvalue weighted by molar-refractivity contribution is 6.04. The predicted octanol–water partition coefficient (Wildman–Crippen LogP) is 3.85. The van der Waals surface area contributed by atoms with Crippen LogP contribution in [0.4, 0.5) is 11.4 Å². The maximum Gasteiger partial charge on any atom is 0.255 e. The molecule has 1 N–H and O–H groups in total. The van der Waals surface area contributed by atoms with Crippen LogP contribution >= 0.6 is 0 Å². The number of nitrogens with one attached hydrogen (secondary N) is 1. The normalized spacial score (nSPS) is 13.4. The second-order valence-electron chi connectivity index (χ2n) is 6.45. The topological polar surface area (TPSA) is 49.4 Å². The van der Waals surface area contributed by atoms with E-state index in [2.05, 4.69) is 5.32 Å². The van der Waals surface area contributed by atoms with Crippen LogP contribution in [0.25, 0.3) is 0 Å². The van der Waals surface area contributed by atoms with Crippen molar-refractivity contribution in [2.45, 2.75) is 33.6 Å². The van der Waals surface area contributed by atoms with Crippen molar-refractivity contribution in [2.24, 2.45) is 0 Å². The third-order valence-corrected chi connectivity index (χ3v) is 4.32. The molecule has 2 aromatic carbocycles. The highest BCUT2D eigenvalue weighted by Gasteiger charge is 2.20. The fourth-order valence-corrected chi connectivity index (χ4v) is 3.31. The van der Waals surface area contributed by atoms with Gasteiger partial charge in [-0.05, 0) is 62.6 Å². The van der Waals surface area contributed by atoms with Crippen LogP contribution < -0.4 is 10.2 Å². The minimum Gasteiger partial charge on any atom is -0.322 e. The van der Waals surface area contributed by atoms with Gasteiger partial charge in [-0.15, -0.1) is 0 Å². The van der Waals surface area contributed by atoms with Crippen LogP contribution in [0.15, 0.2) is 36.4 Å². The molecule has 4 nitrogen and oxygen atoms in total. The lowest BCUT2D eigenvalue weighted by Crippen LogP contribution is -2.33. The van der Waals surface area contributed by atoms with Gasteiger partial charge in [0.25, 0.3) is 5.91 Å². The third kappa shape index (κ3) is 3.32. The Bertz CT molecular complexity index is 791. The Morgan fingerprint density at radius 1 is 1.04 bits per heavy atom. The van der Waals surface area contributed by atoms with Gasteiger partial charge >= 0.3 is 0 Å². The van der Waals surface area contributed by atoms with Gasteiger partial charge in [0, 0.05) is 30.4 Å². The first-order valence-electron chi connectivity index (χ1n) is 8.25. The predicted molar refractivity (Wildman–Crippen MR) is 96.7 cm³/mol. The average Bonchev–Trinajstić information content (AvgIpc) is 2.53. The van der Waals surface area contributed by atoms with Crippen LogP contribution in [0.2, 0.25) is 0 Å². The van der Waals surface area contributed by atoms with E-state index in [0.717, 1.165) is 47.5 Å². The van der Waals surface area contributed by atoms with Gasteiger partial charge < -0.3 is 10.2 Å². The summed E-state index contributed by atoms with van der Waals surface area (Å²) in [5.74, 6) is -0.0519. The van der Waals surface area contributed by atoms with Crippen molar-refractivity contribution in [3.05, 3.63) is 58.7 Å². The number of benzene rings is 2. The summed E-state index contributed by atoms with van der Waals surface area (Å²) in [5.41, 5.74) is 5.64. The van der Waals surface area contributed by atoms with Crippen LogP contribution in [0.5, 0.6) is 0 Å². The molecule has 0 fully saturated rings. The fourth-order valence-electron chi connectivity index (χ4n) is 3.31. The fraction of sp³-hybridized carbons (Fsp3) is 0.300. The molecule has 1 aliphatic heterocycles. The molecular weight excluding hydrogens is 300 g/mol. The molecule has 4 heteroatoms. The molecule has 2 amide bonds. The van der Waals surface area contributed by atoms with Crippen molar-refractivity contribution in [2.75, 3.05) is 16.8 Å². The Morgan fingerprint density at radius 2 is 1.75 bits per heavy atom. The number of hydrogen-bond acceptors (Lipinski definition) is 2. The number of carbonyl (C=O) groups is 2. The molecule has 1 heterocycles. The molecule has 2 aromatic rings. The van der Waals surface area contributed by atoms with E-state index < -0.39 is 0 Å². The Hall–Kier alpha value is -2.62. The van der Waals surface area contributed by atoms with Crippen molar-refractivity contribution < 1.29 is 9.59 Å². The summed E-state index contributed by atoms with van der Waals surface area (Å²) >= 11 is 0. The van der Waals surface area contributed by atoms with Crippen molar-refractivity contribution in [3.8, 4) is 0 Å². The molecule has 0 saturated heterocycles. The number of fused-ring (bicyclic) bond motifs is 1. The number of rotatable bonds is 2. The zero-order valence-corrected chi connectivity index (χ0v) is 14.3. The Kier molecular flexibility index (Phi) is 4.38. The first-order valence-corrected chi connectivity index (χ1v) is 8.25. The Balaban J connectivity index is 1.83. The van der Waals surface area contributed by atoms with Crippen LogP contribution in [-0.4, -0.2) is 18.4 Å². The summed E-state index contributed by atoms with van der Waals surface area (Å²) in [7, 11) is 0. The molecule has 1 aliphatic rings. The number of anilines is 2. The quantitative estimate of drug-likeness (QED) is 0.913. The van der Waals surface area contributed by atoms with E-state index in [1.54, 1.807) is 11.8 Å². The molecule has 0 aliphatic carbocycles. The van der Waals surface area contributed by atoms with E-state index in [4.69, 9.17) is 0 Å². The Labute approximate surface area is 142 Å². The van der Waals surface area contributed by atoms with Gasteiger partial charge in [0.15, 0.2) is 0 Å². The molecule has 24 heavy (non-hydrogen) atoms. The Morgan fingerprint density at radius 3 is 2.42 bits per heavy atom. The second kappa shape index (κ2) is 6.48. The highest BCUT2D eigenvalue weighted by atomic mass is 16.2. The van der Waals surface area contributed by atoms with Gasteiger partial charge in [0.05, 0.1) is 0 Å². The molecule has 0 radical (unpaired) electrons. The molecular formula is C20H22N2O2. The van der Waals surface area contributed by atoms with Crippen LogP contribution in [0.3, 0.4) is 0 Å². The van der Waals surface area contributed by atoms with Crippen molar-refractivity contribution in [1.29, 1.82) is 0 Å². The summed E-state index contributed by atoms with van der Waals surface area (Å²) < 4.78 is 0. The molecule has 3 rings (SSSR count). The molecule has 0 atom stereocenters. The summed E-state index contributed by atoms with van der Waals surface area (Å²) in [5, 5.41) is 2.96. The second-order valence-corrected chi connectivity index (χ2v) is 6.45. The summed E-state index contributed by atoms with van der Waals surface area (Å²) in [6.45, 7) is 6.32. The van der Waals surface area contributed by atoms with E-state index in [0.29, 0.717) is 5.56 Å². The zero-order valence-electron chi connectivity index (χ0n) is 14.3. The van der Waals surface area contributed by atoms with Crippen LogP contribution in [-0.2, 0) is 11.2 Å². The van der Waals surface area contributed by atoms with E-state index in [9.17, 15) is 9.59 Å². The van der Waals surface area contributed by atoms with Crippen LogP contribution in [0, 0.1) is 13.8 Å². The molecule has 0 saturated carbocycles. The molecule has 0 spiro atoms. The van der Waals surface area contributed by atoms with Gasteiger partial charge in [0.2, 0.25) is 5.91 Å². The van der Waals surface area contributed by atoms with Gasteiger partial charge in [-0.1, -0.05) is 17.2 Å². The minimum atomic E-state index is -0.110. The maximum absolute atomic E-state index is 12.5. The largest absolute Gasteiger partial charge is 0.322 e. The number of hydrogen-bond donors (Lipinski definition) is 1. The van der Waals surface area contributed by atoms with E-state index in [1.165, 1.54) is 0 Å². The standard InChI is InChI=1S/C20H22N2O2/c1-13-9-14(2)11-17(10-13)20(24)21-18-6-7-19-16(12-18)5-4-8-22(19)15(3)23/h6-7,9-12H,4-5,8H2,1-3H3,(H,21,24). The SMILES string of the molecule is CC(=O)N1CCCc2cc(NC(=O)c3cc(C)cc(C)c3)ccc21. The first-order chi connectivity index (χ1) is 11.4. The van der Waals surface area contributed by atoms with Gasteiger partial charge in [-0.3, -0.25) is 9.59 Å². The van der Waals surface area contributed by atoms with Gasteiger partial charge in [-0.2, -0.15) is 0 Å². The van der Waals surface area contributed by atoms with Gasteiger partial charge in [0.1, 0.15) is 0 Å². The van der Waals surface area contributed by atoms with E-state index >= 15 is 0 Å². The lowest BCUT2D eigenvalue weighted by atomic mass is 10.0. The van der Waals surface area contributed by atoms with Crippen molar-refractivity contribution in [3.63, 3.8) is 0 Å². The number of nitrogens with zero attached hydrogens (tertiary/aromatic N) is 1. The number of amides is 2. The van der Waals surface area contributed by atoms with Crippen molar-refractivity contribution >= 4 is 23.2 Å². The number of aryl methyl sites for hydroxylation is 3.